The van der Waals surface area contributed by atoms with E-state index >= 15 is 0 Å². The summed E-state index contributed by atoms with van der Waals surface area (Å²) in [5.74, 6) is -0.00197. The third-order valence-corrected chi connectivity index (χ3v) is 20.1. The predicted molar refractivity (Wildman–Crippen MR) is 398 cm³/mol. The number of esters is 1. The van der Waals surface area contributed by atoms with Crippen molar-refractivity contribution in [3.8, 4) is 0 Å². The molecule has 0 saturated carbocycles. The lowest BCUT2D eigenvalue weighted by atomic mass is 10.0. The molecular formula is C84H165NO5. The second-order valence-corrected chi connectivity index (χ2v) is 29.2. The number of allylic oxidation sites excluding steroid dienone is 2. The Bertz CT molecular complexity index is 1370. The molecule has 0 aromatic rings. The van der Waals surface area contributed by atoms with Gasteiger partial charge >= 0.3 is 5.97 Å². The van der Waals surface area contributed by atoms with Crippen LogP contribution in [0.4, 0.5) is 0 Å². The Morgan fingerprint density at radius 3 is 0.789 bits per heavy atom. The number of ether oxygens (including phenoxy) is 1. The topological polar surface area (TPSA) is 95.9 Å². The number of amides is 1. The normalized spacial score (nSPS) is 12.4. The van der Waals surface area contributed by atoms with Crippen LogP contribution in [0.1, 0.15) is 489 Å². The van der Waals surface area contributed by atoms with Crippen LogP contribution >= 0.6 is 0 Å². The van der Waals surface area contributed by atoms with Gasteiger partial charge in [-0.1, -0.05) is 437 Å². The van der Waals surface area contributed by atoms with Gasteiger partial charge in [-0.15, -0.1) is 0 Å². The van der Waals surface area contributed by atoms with Gasteiger partial charge in [0.2, 0.25) is 5.91 Å². The van der Waals surface area contributed by atoms with Gasteiger partial charge in [-0.3, -0.25) is 9.59 Å². The maximum absolute atomic E-state index is 12.6. The van der Waals surface area contributed by atoms with Crippen molar-refractivity contribution in [2.24, 2.45) is 0 Å². The van der Waals surface area contributed by atoms with Crippen LogP contribution in [0.3, 0.4) is 0 Å². The molecule has 0 aliphatic carbocycles. The molecule has 6 heteroatoms. The minimum atomic E-state index is -0.663. The number of rotatable bonds is 80. The molecule has 1 amide bonds. The van der Waals surface area contributed by atoms with Crippen LogP contribution < -0.4 is 5.32 Å². The van der Waals surface area contributed by atoms with Crippen molar-refractivity contribution in [3.63, 3.8) is 0 Å². The lowest BCUT2D eigenvalue weighted by Gasteiger charge is -2.22. The molecule has 0 rings (SSSR count). The highest BCUT2D eigenvalue weighted by Gasteiger charge is 2.20. The molecule has 0 aromatic carbocycles. The molecule has 0 bridgehead atoms. The summed E-state index contributed by atoms with van der Waals surface area (Å²) in [7, 11) is 0. The van der Waals surface area contributed by atoms with E-state index in [1.54, 1.807) is 0 Å². The van der Waals surface area contributed by atoms with E-state index in [0.717, 1.165) is 38.5 Å². The Balaban J connectivity index is 3.33. The quantitative estimate of drug-likeness (QED) is 0.0320. The first kappa shape index (κ1) is 88.6. The van der Waals surface area contributed by atoms with Crippen molar-refractivity contribution < 1.29 is 24.5 Å². The molecule has 90 heavy (non-hydrogen) atoms. The number of carbonyl (C=O) groups excluding carboxylic acids is 2. The summed E-state index contributed by atoms with van der Waals surface area (Å²) < 4.78 is 5.48. The highest BCUT2D eigenvalue weighted by atomic mass is 16.5. The first-order valence-electron chi connectivity index (χ1n) is 41.9. The van der Waals surface area contributed by atoms with Crippen molar-refractivity contribution in [1.29, 1.82) is 0 Å². The number of hydrogen-bond donors (Lipinski definition) is 3. The Kier molecular flexibility index (Phi) is 78.8. The van der Waals surface area contributed by atoms with Gasteiger partial charge in [-0.05, 0) is 51.4 Å². The van der Waals surface area contributed by atoms with E-state index in [9.17, 15) is 19.8 Å². The van der Waals surface area contributed by atoms with E-state index in [1.807, 2.05) is 0 Å². The number of carbonyl (C=O) groups is 2. The second kappa shape index (κ2) is 80.0. The van der Waals surface area contributed by atoms with Gasteiger partial charge in [-0.25, -0.2) is 0 Å². The zero-order valence-electron chi connectivity index (χ0n) is 61.7. The van der Waals surface area contributed by atoms with Gasteiger partial charge in [0, 0.05) is 12.8 Å². The van der Waals surface area contributed by atoms with Gasteiger partial charge < -0.3 is 20.3 Å². The van der Waals surface area contributed by atoms with Crippen LogP contribution in [-0.4, -0.2) is 47.4 Å². The SMILES string of the molecule is CCCCCCCCCCCCCCCCCCCCCCCCCCCC(O)C(CO)NC(=O)CCCCCCCCCCCCCCCCCCC/C=C\CCCCCCCCCCCCCCCCCCOC(=O)CCCCCCCCCCCCC. The Labute approximate surface area is 565 Å². The Hall–Kier alpha value is -1.40. The predicted octanol–water partition coefficient (Wildman–Crippen LogP) is 27.8. The van der Waals surface area contributed by atoms with Crippen LogP contribution in [0, 0.1) is 0 Å². The number of aliphatic hydroxyl groups excluding tert-OH is 2. The highest BCUT2D eigenvalue weighted by molar-refractivity contribution is 5.76. The van der Waals surface area contributed by atoms with E-state index in [-0.39, 0.29) is 18.5 Å². The minimum Gasteiger partial charge on any atom is -0.466 e. The number of unbranched alkanes of at least 4 members (excludes halogenated alkanes) is 67. The van der Waals surface area contributed by atoms with Gasteiger partial charge in [0.1, 0.15) is 0 Å². The van der Waals surface area contributed by atoms with Gasteiger partial charge in [0.25, 0.3) is 0 Å². The van der Waals surface area contributed by atoms with E-state index in [4.69, 9.17) is 4.74 Å². The highest BCUT2D eigenvalue weighted by Crippen LogP contribution is 2.21. The third kappa shape index (κ3) is 75.6. The molecule has 0 fully saturated rings. The molecule has 0 saturated heterocycles. The molecule has 0 aliphatic rings. The van der Waals surface area contributed by atoms with Crippen LogP contribution in [0.5, 0.6) is 0 Å². The van der Waals surface area contributed by atoms with Gasteiger partial charge in [0.15, 0.2) is 0 Å². The first-order valence-corrected chi connectivity index (χ1v) is 41.9. The van der Waals surface area contributed by atoms with Crippen LogP contribution in [-0.2, 0) is 14.3 Å². The monoisotopic (exact) mass is 1270 g/mol. The van der Waals surface area contributed by atoms with Crippen molar-refractivity contribution in [1.82, 2.24) is 5.32 Å². The van der Waals surface area contributed by atoms with Crippen LogP contribution in [0.25, 0.3) is 0 Å². The fraction of sp³-hybridized carbons (Fsp3) is 0.952. The van der Waals surface area contributed by atoms with Crippen molar-refractivity contribution in [2.75, 3.05) is 13.2 Å². The van der Waals surface area contributed by atoms with Crippen LogP contribution in [0.15, 0.2) is 12.2 Å². The first-order chi connectivity index (χ1) is 44.5. The molecular weight excluding hydrogens is 1100 g/mol. The molecule has 0 aliphatic heterocycles. The number of hydrogen-bond acceptors (Lipinski definition) is 5. The lowest BCUT2D eigenvalue weighted by molar-refractivity contribution is -0.143. The fourth-order valence-electron chi connectivity index (χ4n) is 13.7. The zero-order chi connectivity index (χ0) is 64.9. The summed E-state index contributed by atoms with van der Waals surface area (Å²) in [4.78, 5) is 24.6. The second-order valence-electron chi connectivity index (χ2n) is 29.2. The molecule has 0 radical (unpaired) electrons. The van der Waals surface area contributed by atoms with E-state index in [2.05, 4.69) is 31.3 Å². The van der Waals surface area contributed by atoms with E-state index in [1.165, 1.54) is 417 Å². The smallest absolute Gasteiger partial charge is 0.305 e. The molecule has 0 aromatic heterocycles. The van der Waals surface area contributed by atoms with Crippen LogP contribution in [0.2, 0.25) is 0 Å². The summed E-state index contributed by atoms with van der Waals surface area (Å²) in [6.45, 7) is 5.01. The fourth-order valence-corrected chi connectivity index (χ4v) is 13.7. The zero-order valence-corrected chi connectivity index (χ0v) is 61.7. The number of aliphatic hydroxyl groups is 2. The largest absolute Gasteiger partial charge is 0.466 e. The van der Waals surface area contributed by atoms with Crippen molar-refractivity contribution in [3.05, 3.63) is 12.2 Å². The Morgan fingerprint density at radius 1 is 0.300 bits per heavy atom. The molecule has 6 nitrogen and oxygen atoms in total. The Morgan fingerprint density at radius 2 is 0.522 bits per heavy atom. The van der Waals surface area contributed by atoms with Gasteiger partial charge in [-0.2, -0.15) is 0 Å². The molecule has 0 heterocycles. The maximum Gasteiger partial charge on any atom is 0.305 e. The molecule has 536 valence electrons. The molecule has 2 atom stereocenters. The van der Waals surface area contributed by atoms with E-state index in [0.29, 0.717) is 25.9 Å². The lowest BCUT2D eigenvalue weighted by Crippen LogP contribution is -2.45. The number of nitrogens with one attached hydrogen (secondary N) is 1. The minimum absolute atomic E-state index is 0.0223. The summed E-state index contributed by atoms with van der Waals surface area (Å²) in [5, 5.41) is 23.5. The standard InChI is InChI=1S/C84H165NO5/c1-3-5-7-9-11-13-15-16-17-18-19-20-21-35-38-41-44-47-50-53-57-60-64-68-72-76-82(87)81(80-86)85-83(88)77-73-69-65-61-58-54-51-48-45-42-39-36-33-31-29-27-25-23-22-24-26-28-30-32-34-37-40-43-46-49-52-55-59-63-67-71-75-79-90-84(89)78-74-70-66-62-56-14-12-10-8-6-4-2/h22,24,81-82,86-87H,3-21,23,25-80H2,1-2H3,(H,85,88)/b24-22-. The molecule has 0 spiro atoms. The summed E-state index contributed by atoms with van der Waals surface area (Å²) in [5.41, 5.74) is 0. The third-order valence-electron chi connectivity index (χ3n) is 20.1. The summed E-state index contributed by atoms with van der Waals surface area (Å²) in [6.07, 6.45) is 102. The summed E-state index contributed by atoms with van der Waals surface area (Å²) >= 11 is 0. The van der Waals surface area contributed by atoms with Crippen molar-refractivity contribution in [2.45, 2.75) is 501 Å². The maximum atomic E-state index is 12.6. The summed E-state index contributed by atoms with van der Waals surface area (Å²) in [6, 6.07) is -0.539. The average Bonchev–Trinajstić information content (AvgIpc) is 3.62. The molecule has 3 N–H and O–H groups in total. The molecule has 2 unspecified atom stereocenters. The average molecular weight is 1270 g/mol. The van der Waals surface area contributed by atoms with Crippen molar-refractivity contribution >= 4 is 11.9 Å². The van der Waals surface area contributed by atoms with E-state index < -0.39 is 12.1 Å². The van der Waals surface area contributed by atoms with Gasteiger partial charge in [0.05, 0.1) is 25.4 Å².